The third kappa shape index (κ3) is 4.57. The summed E-state index contributed by atoms with van der Waals surface area (Å²) in [5.74, 6) is -0.182. The van der Waals surface area contributed by atoms with E-state index in [-0.39, 0.29) is 21.3 Å². The van der Waals surface area contributed by atoms with Crippen molar-refractivity contribution in [2.45, 2.75) is 0 Å². The summed E-state index contributed by atoms with van der Waals surface area (Å²) < 4.78 is 4.65. The number of anilines is 3. The number of esters is 1. The molecule has 2 heterocycles. The lowest BCUT2D eigenvalue weighted by Gasteiger charge is -2.10. The molecular formula is C19H14Cl2N4O3. The largest absolute Gasteiger partial charge is 0.464 e. The molecule has 9 heteroatoms. The van der Waals surface area contributed by atoms with Gasteiger partial charge in [0.25, 0.3) is 5.91 Å². The Bertz CT molecular complexity index is 1020. The van der Waals surface area contributed by atoms with Gasteiger partial charge < -0.3 is 15.4 Å². The molecule has 0 radical (unpaired) electrons. The van der Waals surface area contributed by atoms with Crippen LogP contribution in [-0.4, -0.2) is 29.0 Å². The summed E-state index contributed by atoms with van der Waals surface area (Å²) in [6.45, 7) is 0. The minimum absolute atomic E-state index is 0.158. The molecule has 0 aliphatic rings. The van der Waals surface area contributed by atoms with E-state index in [4.69, 9.17) is 23.2 Å². The minimum atomic E-state index is -0.547. The summed E-state index contributed by atoms with van der Waals surface area (Å²) in [4.78, 5) is 32.4. The fraction of sp³-hybridized carbons (Fsp3) is 0.0526. The molecule has 0 spiro atoms. The van der Waals surface area contributed by atoms with E-state index in [0.717, 1.165) is 0 Å². The van der Waals surface area contributed by atoms with E-state index in [1.165, 1.54) is 19.4 Å². The lowest BCUT2D eigenvalue weighted by Crippen LogP contribution is -2.13. The zero-order chi connectivity index (χ0) is 20.1. The maximum Gasteiger partial charge on any atom is 0.356 e. The van der Waals surface area contributed by atoms with Crippen LogP contribution >= 0.6 is 23.2 Å². The maximum atomic E-state index is 12.5. The molecule has 2 N–H and O–H groups in total. The topological polar surface area (TPSA) is 93.2 Å². The Balaban J connectivity index is 1.78. The number of aromatic nitrogens is 2. The highest BCUT2D eigenvalue weighted by atomic mass is 35.5. The molecule has 1 aromatic carbocycles. The van der Waals surface area contributed by atoms with Gasteiger partial charge >= 0.3 is 5.97 Å². The molecule has 142 valence electrons. The third-order valence-electron chi connectivity index (χ3n) is 3.61. The quantitative estimate of drug-likeness (QED) is 0.591. The van der Waals surface area contributed by atoms with Gasteiger partial charge in [0, 0.05) is 18.0 Å². The van der Waals surface area contributed by atoms with Crippen LogP contribution in [0.4, 0.5) is 17.3 Å². The number of hydrogen-bond acceptors (Lipinski definition) is 6. The summed E-state index contributed by atoms with van der Waals surface area (Å²) in [5.41, 5.74) is 0.817. The number of nitrogens with one attached hydrogen (secondary N) is 2. The molecule has 0 atom stereocenters. The number of rotatable bonds is 5. The molecule has 28 heavy (non-hydrogen) atoms. The molecular weight excluding hydrogens is 403 g/mol. The number of halogens is 2. The number of carbonyl (C=O) groups is 2. The average molecular weight is 417 g/mol. The van der Waals surface area contributed by atoms with E-state index in [9.17, 15) is 9.59 Å². The highest BCUT2D eigenvalue weighted by Gasteiger charge is 2.15. The molecule has 7 nitrogen and oxygen atoms in total. The average Bonchev–Trinajstić information content (AvgIpc) is 2.67. The second-order valence-electron chi connectivity index (χ2n) is 5.51. The van der Waals surface area contributed by atoms with Crippen molar-refractivity contribution < 1.29 is 14.3 Å². The predicted molar refractivity (Wildman–Crippen MR) is 108 cm³/mol. The van der Waals surface area contributed by atoms with Crippen LogP contribution in [0.3, 0.4) is 0 Å². The van der Waals surface area contributed by atoms with Crippen LogP contribution in [0.25, 0.3) is 0 Å². The van der Waals surface area contributed by atoms with E-state index in [2.05, 4.69) is 25.3 Å². The van der Waals surface area contributed by atoms with Crippen molar-refractivity contribution in [3.05, 3.63) is 76.0 Å². The molecule has 0 saturated carbocycles. The van der Waals surface area contributed by atoms with Crippen LogP contribution in [0.5, 0.6) is 0 Å². The molecule has 3 rings (SSSR count). The number of hydrogen-bond donors (Lipinski definition) is 2. The van der Waals surface area contributed by atoms with Crippen molar-refractivity contribution in [1.29, 1.82) is 0 Å². The number of nitrogens with zero attached hydrogens (tertiary/aromatic N) is 2. The second-order valence-corrected chi connectivity index (χ2v) is 6.32. The fourth-order valence-electron chi connectivity index (χ4n) is 2.34. The highest BCUT2D eigenvalue weighted by Crippen LogP contribution is 2.25. The number of carbonyl (C=O) groups excluding carboxylic acids is 2. The number of benzene rings is 1. The fourth-order valence-corrected chi connectivity index (χ4v) is 2.91. The van der Waals surface area contributed by atoms with Crippen molar-refractivity contribution in [3.8, 4) is 0 Å². The summed E-state index contributed by atoms with van der Waals surface area (Å²) >= 11 is 12.1. The lowest BCUT2D eigenvalue weighted by molar-refractivity contribution is 0.0594. The zero-order valence-corrected chi connectivity index (χ0v) is 16.1. The van der Waals surface area contributed by atoms with Gasteiger partial charge in [-0.25, -0.2) is 14.8 Å². The summed E-state index contributed by atoms with van der Waals surface area (Å²) in [6.07, 6.45) is 1.51. The standard InChI is InChI=1S/C19H14Cl2N4O3/c1-28-19(27)14-6-3-7-15(24-14)25-16-10-11(8-9-22-16)23-18(26)17-12(20)4-2-5-13(17)21/h2-10H,1H3,(H2,22,23,24,25,26). The van der Waals surface area contributed by atoms with Crippen molar-refractivity contribution in [1.82, 2.24) is 9.97 Å². The van der Waals surface area contributed by atoms with Gasteiger partial charge in [0.2, 0.25) is 0 Å². The van der Waals surface area contributed by atoms with E-state index in [1.807, 2.05) is 0 Å². The molecule has 0 fully saturated rings. The number of amides is 1. The van der Waals surface area contributed by atoms with Crippen molar-refractivity contribution in [2.75, 3.05) is 17.7 Å². The Labute approximate surface area is 170 Å². The molecule has 3 aromatic rings. The lowest BCUT2D eigenvalue weighted by atomic mass is 10.2. The monoisotopic (exact) mass is 416 g/mol. The Morgan fingerprint density at radius 2 is 1.71 bits per heavy atom. The van der Waals surface area contributed by atoms with Crippen LogP contribution in [0.2, 0.25) is 10.0 Å². The van der Waals surface area contributed by atoms with Crippen LogP contribution in [-0.2, 0) is 4.74 Å². The first-order valence-electron chi connectivity index (χ1n) is 8.01. The van der Waals surface area contributed by atoms with Crippen molar-refractivity contribution in [2.24, 2.45) is 0 Å². The van der Waals surface area contributed by atoms with Crippen LogP contribution in [0.15, 0.2) is 54.7 Å². The highest BCUT2D eigenvalue weighted by molar-refractivity contribution is 6.40. The minimum Gasteiger partial charge on any atom is -0.464 e. The number of methoxy groups -OCH3 is 1. The smallest absolute Gasteiger partial charge is 0.356 e. The van der Waals surface area contributed by atoms with E-state index < -0.39 is 11.9 Å². The Morgan fingerprint density at radius 1 is 1.00 bits per heavy atom. The van der Waals surface area contributed by atoms with Gasteiger partial charge in [-0.1, -0.05) is 35.3 Å². The molecule has 2 aromatic heterocycles. The first kappa shape index (κ1) is 19.6. The molecule has 0 saturated heterocycles. The zero-order valence-electron chi connectivity index (χ0n) is 14.6. The molecule has 0 bridgehead atoms. The van der Waals surface area contributed by atoms with Crippen LogP contribution < -0.4 is 10.6 Å². The molecule has 0 unspecified atom stereocenters. The molecule has 0 aliphatic heterocycles. The second kappa shape index (κ2) is 8.69. The van der Waals surface area contributed by atoms with Gasteiger partial charge in [0.15, 0.2) is 5.69 Å². The Morgan fingerprint density at radius 3 is 2.43 bits per heavy atom. The predicted octanol–water partition coefficient (Wildman–Crippen LogP) is 4.57. The van der Waals surface area contributed by atoms with E-state index in [1.54, 1.807) is 42.5 Å². The third-order valence-corrected chi connectivity index (χ3v) is 4.24. The van der Waals surface area contributed by atoms with Gasteiger partial charge in [-0.05, 0) is 30.3 Å². The van der Waals surface area contributed by atoms with Crippen LogP contribution in [0, 0.1) is 0 Å². The van der Waals surface area contributed by atoms with Gasteiger partial charge in [-0.3, -0.25) is 4.79 Å². The SMILES string of the molecule is COC(=O)c1cccc(Nc2cc(NC(=O)c3c(Cl)cccc3Cl)ccn2)n1. The first-order valence-corrected chi connectivity index (χ1v) is 8.77. The number of pyridine rings is 2. The molecule has 0 aliphatic carbocycles. The first-order chi connectivity index (χ1) is 13.5. The van der Waals surface area contributed by atoms with Gasteiger partial charge in [-0.15, -0.1) is 0 Å². The Hall–Kier alpha value is -3.16. The Kier molecular flexibility index (Phi) is 6.08. The van der Waals surface area contributed by atoms with Gasteiger partial charge in [-0.2, -0.15) is 0 Å². The summed E-state index contributed by atoms with van der Waals surface area (Å²) in [7, 11) is 1.28. The molecule has 1 amide bonds. The number of ether oxygens (including phenoxy) is 1. The van der Waals surface area contributed by atoms with E-state index in [0.29, 0.717) is 17.3 Å². The maximum absolute atomic E-state index is 12.5. The van der Waals surface area contributed by atoms with Crippen LogP contribution in [0.1, 0.15) is 20.8 Å². The van der Waals surface area contributed by atoms with Crippen molar-refractivity contribution >= 4 is 52.4 Å². The summed E-state index contributed by atoms with van der Waals surface area (Å²) in [5, 5.41) is 6.19. The van der Waals surface area contributed by atoms with Gasteiger partial charge in [0.1, 0.15) is 11.6 Å². The van der Waals surface area contributed by atoms with Crippen molar-refractivity contribution in [3.63, 3.8) is 0 Å². The summed E-state index contributed by atoms with van der Waals surface area (Å²) in [6, 6.07) is 12.9. The van der Waals surface area contributed by atoms with Gasteiger partial charge in [0.05, 0.1) is 22.7 Å². The van der Waals surface area contributed by atoms with E-state index >= 15 is 0 Å². The normalized spacial score (nSPS) is 10.2.